The highest BCUT2D eigenvalue weighted by molar-refractivity contribution is 7.07. The van der Waals surface area contributed by atoms with Gasteiger partial charge in [0.2, 0.25) is 4.80 Å². The molecule has 0 aliphatic rings. The quantitative estimate of drug-likeness (QED) is 0.517. The summed E-state index contributed by atoms with van der Waals surface area (Å²) in [6.45, 7) is 0. The highest BCUT2D eigenvalue weighted by Crippen LogP contribution is 2.30. The normalized spacial score (nSPS) is 12.2. The number of aromatic nitrogens is 1. The summed E-state index contributed by atoms with van der Waals surface area (Å²) in [5.74, 6) is 0. The summed E-state index contributed by atoms with van der Waals surface area (Å²) >= 11 is 19.8. The number of hydrogen-bond donors (Lipinski definition) is 0. The van der Waals surface area contributed by atoms with Crippen molar-refractivity contribution in [2.45, 2.75) is 0 Å². The van der Waals surface area contributed by atoms with Crippen LogP contribution in [-0.2, 0) is 0 Å². The highest BCUT2D eigenvalue weighted by atomic mass is 35.5. The molecule has 0 spiro atoms. The van der Waals surface area contributed by atoms with E-state index >= 15 is 0 Å². The monoisotopic (exact) mass is 395 g/mol. The molecule has 3 nitrogen and oxygen atoms in total. The minimum atomic E-state index is 0.564. The second-order valence-electron chi connectivity index (χ2n) is 4.86. The Morgan fingerprint density at radius 3 is 2.54 bits per heavy atom. The van der Waals surface area contributed by atoms with E-state index in [9.17, 15) is 0 Å². The number of nitrogens with zero attached hydrogens (tertiary/aromatic N) is 3. The standard InChI is InChI=1S/C17H12Cl3N3S/c1-21-17-23(22-9-11-3-2-4-12(18)7-11)16(10-24-17)14-6-5-13(19)8-15(14)20/h2-10H,1H3. The van der Waals surface area contributed by atoms with Crippen molar-refractivity contribution in [1.29, 1.82) is 0 Å². The predicted molar refractivity (Wildman–Crippen MR) is 104 cm³/mol. The fourth-order valence-corrected chi connectivity index (χ4v) is 3.66. The molecule has 0 aliphatic carbocycles. The minimum Gasteiger partial charge on any atom is -0.261 e. The van der Waals surface area contributed by atoms with Crippen LogP contribution in [0.5, 0.6) is 0 Å². The van der Waals surface area contributed by atoms with E-state index < -0.39 is 0 Å². The molecule has 7 heteroatoms. The first-order valence-electron chi connectivity index (χ1n) is 6.97. The lowest BCUT2D eigenvalue weighted by molar-refractivity contribution is 0.848. The largest absolute Gasteiger partial charge is 0.261 e. The van der Waals surface area contributed by atoms with Crippen LogP contribution in [0.2, 0.25) is 15.1 Å². The average Bonchev–Trinajstić information content (AvgIpc) is 2.95. The van der Waals surface area contributed by atoms with Crippen LogP contribution in [0, 0.1) is 0 Å². The Morgan fingerprint density at radius 1 is 1.04 bits per heavy atom. The fourth-order valence-electron chi connectivity index (χ4n) is 2.16. The van der Waals surface area contributed by atoms with Gasteiger partial charge in [0.05, 0.1) is 16.9 Å². The Hall–Kier alpha value is -1.59. The molecule has 3 rings (SSSR count). The molecule has 24 heavy (non-hydrogen) atoms. The lowest BCUT2D eigenvalue weighted by Gasteiger charge is -2.06. The average molecular weight is 397 g/mol. The number of halogens is 3. The van der Waals surface area contributed by atoms with Crippen molar-refractivity contribution in [3.8, 4) is 11.3 Å². The van der Waals surface area contributed by atoms with E-state index in [2.05, 4.69) is 10.1 Å². The number of thiazole rings is 1. The molecule has 2 aromatic carbocycles. The van der Waals surface area contributed by atoms with Crippen LogP contribution < -0.4 is 4.80 Å². The van der Waals surface area contributed by atoms with Crippen LogP contribution in [0.4, 0.5) is 0 Å². The van der Waals surface area contributed by atoms with Gasteiger partial charge in [-0.2, -0.15) is 5.10 Å². The predicted octanol–water partition coefficient (Wildman–Crippen LogP) is 5.59. The minimum absolute atomic E-state index is 0.564. The van der Waals surface area contributed by atoms with Gasteiger partial charge in [-0.25, -0.2) is 4.68 Å². The van der Waals surface area contributed by atoms with E-state index in [-0.39, 0.29) is 0 Å². The zero-order valence-electron chi connectivity index (χ0n) is 12.6. The zero-order valence-corrected chi connectivity index (χ0v) is 15.7. The summed E-state index contributed by atoms with van der Waals surface area (Å²) in [6.07, 6.45) is 1.74. The Kier molecular flexibility index (Phi) is 5.41. The zero-order chi connectivity index (χ0) is 17.1. The maximum Gasteiger partial charge on any atom is 0.205 e. The van der Waals surface area contributed by atoms with Gasteiger partial charge in [-0.1, -0.05) is 46.9 Å². The molecule has 0 fully saturated rings. The molecule has 0 atom stereocenters. The SMILES string of the molecule is CN=c1scc(-c2ccc(Cl)cc2Cl)n1N=Cc1cccc(Cl)c1. The van der Waals surface area contributed by atoms with E-state index in [0.717, 1.165) is 21.6 Å². The Morgan fingerprint density at radius 2 is 1.83 bits per heavy atom. The summed E-state index contributed by atoms with van der Waals surface area (Å²) in [5, 5.41) is 8.33. The highest BCUT2D eigenvalue weighted by Gasteiger charge is 2.11. The van der Waals surface area contributed by atoms with E-state index in [0.29, 0.717) is 15.1 Å². The molecule has 3 aromatic rings. The van der Waals surface area contributed by atoms with E-state index in [1.807, 2.05) is 35.7 Å². The molecule has 122 valence electrons. The summed E-state index contributed by atoms with van der Waals surface area (Å²) in [5.41, 5.74) is 2.59. The van der Waals surface area contributed by atoms with Gasteiger partial charge in [0.1, 0.15) is 0 Å². The Bertz CT molecular complexity index is 973. The molecule has 0 saturated heterocycles. The smallest absolute Gasteiger partial charge is 0.205 e. The van der Waals surface area contributed by atoms with E-state index in [4.69, 9.17) is 34.8 Å². The van der Waals surface area contributed by atoms with Crippen LogP contribution >= 0.6 is 46.1 Å². The van der Waals surface area contributed by atoms with Crippen LogP contribution in [0.15, 0.2) is 57.9 Å². The van der Waals surface area contributed by atoms with Gasteiger partial charge >= 0.3 is 0 Å². The molecule has 0 bridgehead atoms. The third-order valence-electron chi connectivity index (χ3n) is 3.25. The van der Waals surface area contributed by atoms with E-state index in [1.165, 1.54) is 11.3 Å². The number of rotatable bonds is 3. The molecule has 1 heterocycles. The van der Waals surface area contributed by atoms with Crippen LogP contribution in [-0.4, -0.2) is 17.9 Å². The molecule has 0 amide bonds. The van der Waals surface area contributed by atoms with Gasteiger partial charge in [0.15, 0.2) is 0 Å². The molecular formula is C17H12Cl3N3S. The first-order valence-corrected chi connectivity index (χ1v) is 8.98. The van der Waals surface area contributed by atoms with Gasteiger partial charge in [-0.15, -0.1) is 11.3 Å². The molecule has 0 N–H and O–H groups in total. The van der Waals surface area contributed by atoms with Crippen LogP contribution in [0.1, 0.15) is 5.56 Å². The Labute approximate surface area is 158 Å². The molecule has 0 radical (unpaired) electrons. The van der Waals surface area contributed by atoms with Crippen molar-refractivity contribution in [1.82, 2.24) is 4.68 Å². The number of hydrogen-bond acceptors (Lipinski definition) is 3. The first kappa shape index (κ1) is 17.2. The lowest BCUT2D eigenvalue weighted by Crippen LogP contribution is -2.11. The molecule has 0 saturated carbocycles. The van der Waals surface area contributed by atoms with Gasteiger partial charge in [-0.05, 0) is 35.9 Å². The van der Waals surface area contributed by atoms with Crippen molar-refractivity contribution >= 4 is 52.4 Å². The second-order valence-corrected chi connectivity index (χ2v) is 6.98. The van der Waals surface area contributed by atoms with Crippen molar-refractivity contribution in [2.75, 3.05) is 7.05 Å². The fraction of sp³-hybridized carbons (Fsp3) is 0.0588. The maximum absolute atomic E-state index is 6.33. The summed E-state index contributed by atoms with van der Waals surface area (Å²) in [7, 11) is 1.73. The first-order chi connectivity index (χ1) is 11.6. The summed E-state index contributed by atoms with van der Waals surface area (Å²) < 4.78 is 1.75. The van der Waals surface area contributed by atoms with Gasteiger partial charge < -0.3 is 0 Å². The molecular weight excluding hydrogens is 385 g/mol. The van der Waals surface area contributed by atoms with Crippen molar-refractivity contribution in [3.63, 3.8) is 0 Å². The molecule has 0 aliphatic heterocycles. The second kappa shape index (κ2) is 7.53. The van der Waals surface area contributed by atoms with Gasteiger partial charge in [0, 0.05) is 28.0 Å². The summed E-state index contributed by atoms with van der Waals surface area (Å²) in [6, 6.07) is 12.9. The lowest BCUT2D eigenvalue weighted by atomic mass is 10.2. The maximum atomic E-state index is 6.33. The number of benzene rings is 2. The van der Waals surface area contributed by atoms with Crippen LogP contribution in [0.3, 0.4) is 0 Å². The van der Waals surface area contributed by atoms with Crippen LogP contribution in [0.25, 0.3) is 11.3 Å². The van der Waals surface area contributed by atoms with Crippen molar-refractivity contribution in [3.05, 3.63) is 73.3 Å². The molecule has 1 aromatic heterocycles. The van der Waals surface area contributed by atoms with Crippen molar-refractivity contribution < 1.29 is 0 Å². The topological polar surface area (TPSA) is 29.6 Å². The van der Waals surface area contributed by atoms with Gasteiger partial charge in [-0.3, -0.25) is 4.99 Å². The van der Waals surface area contributed by atoms with Crippen molar-refractivity contribution in [2.24, 2.45) is 10.1 Å². The summed E-state index contributed by atoms with van der Waals surface area (Å²) in [4.78, 5) is 5.02. The van der Waals surface area contributed by atoms with E-state index in [1.54, 1.807) is 30.1 Å². The van der Waals surface area contributed by atoms with Gasteiger partial charge in [0.25, 0.3) is 0 Å². The third-order valence-corrected chi connectivity index (χ3v) is 4.95. The third kappa shape index (κ3) is 3.73. The molecule has 0 unspecified atom stereocenters. The Balaban J connectivity index is 2.09.